The summed E-state index contributed by atoms with van der Waals surface area (Å²) in [6.07, 6.45) is 15.2. The van der Waals surface area contributed by atoms with Gasteiger partial charge in [0.2, 0.25) is 0 Å². The molecule has 0 radical (unpaired) electrons. The van der Waals surface area contributed by atoms with Crippen molar-refractivity contribution in [2.24, 2.45) is 11.3 Å². The van der Waals surface area contributed by atoms with Gasteiger partial charge in [-0.2, -0.15) is 0 Å². The number of rotatable bonds is 10. The van der Waals surface area contributed by atoms with E-state index in [1.807, 2.05) is 19.2 Å². The van der Waals surface area contributed by atoms with E-state index in [0.717, 1.165) is 50.3 Å². The van der Waals surface area contributed by atoms with Gasteiger partial charge in [0.15, 0.2) is 0 Å². The average Bonchev–Trinajstić information content (AvgIpc) is 2.78. The number of hydrogen-bond donors (Lipinski definition) is 3. The SMILES string of the molecule is CCCCCCC(C)CC.N=C(Cl)C1(Cc2cccnc2)CCNCC1.[CH2-]C(O)CC.[U]. The van der Waals surface area contributed by atoms with Crippen molar-refractivity contribution in [2.45, 2.75) is 98.0 Å². The molecule has 1 aromatic heterocycles. The Kier molecular flexibility index (Phi) is 23.1. The van der Waals surface area contributed by atoms with E-state index in [4.69, 9.17) is 22.1 Å². The maximum atomic E-state index is 8.25. The monoisotopic (exact) mass is 690 g/mol. The number of pyridine rings is 1. The van der Waals surface area contributed by atoms with Crippen LogP contribution in [0.15, 0.2) is 24.5 Å². The van der Waals surface area contributed by atoms with Gasteiger partial charge in [-0.1, -0.05) is 96.4 Å². The Bertz CT molecular complexity index is 551. The summed E-state index contributed by atoms with van der Waals surface area (Å²) >= 11 is 6.00. The molecule has 1 fully saturated rings. The Morgan fingerprint density at radius 1 is 1.22 bits per heavy atom. The van der Waals surface area contributed by atoms with E-state index in [1.165, 1.54) is 38.5 Å². The number of piperidine rings is 1. The van der Waals surface area contributed by atoms with E-state index in [2.05, 4.69) is 44.1 Å². The molecule has 0 saturated carbocycles. The molecule has 0 aromatic carbocycles. The minimum atomic E-state index is -0.366. The first kappa shape index (κ1) is 34.3. The summed E-state index contributed by atoms with van der Waals surface area (Å²) < 4.78 is 0. The maximum absolute atomic E-state index is 8.25. The normalized spacial score (nSPS) is 16.2. The predicted octanol–water partition coefficient (Wildman–Crippen LogP) is 6.80. The fourth-order valence-corrected chi connectivity index (χ4v) is 3.65. The van der Waals surface area contributed by atoms with Crippen molar-refractivity contribution in [3.63, 3.8) is 0 Å². The molecule has 1 saturated heterocycles. The van der Waals surface area contributed by atoms with Crippen LogP contribution in [-0.4, -0.2) is 34.5 Å². The second-order valence-electron chi connectivity index (χ2n) is 8.81. The van der Waals surface area contributed by atoms with Crippen LogP contribution in [0.25, 0.3) is 0 Å². The number of aliphatic hydroxyl groups excluding tert-OH is 1. The van der Waals surface area contributed by atoms with Crippen molar-refractivity contribution in [1.29, 1.82) is 5.41 Å². The first-order valence-corrected chi connectivity index (χ1v) is 12.5. The Balaban J connectivity index is 0. The van der Waals surface area contributed by atoms with Crippen LogP contribution in [0, 0.1) is 54.8 Å². The van der Waals surface area contributed by atoms with Crippen molar-refractivity contribution in [1.82, 2.24) is 10.3 Å². The molecule has 6 heteroatoms. The molecule has 1 aliphatic rings. The molecular formula is C26H47ClN3OU-. The number of nitrogens with one attached hydrogen (secondary N) is 2. The first-order valence-electron chi connectivity index (χ1n) is 12.2. The van der Waals surface area contributed by atoms with Crippen molar-refractivity contribution >= 4 is 16.8 Å². The van der Waals surface area contributed by atoms with Crippen LogP contribution < -0.4 is 5.32 Å². The van der Waals surface area contributed by atoms with Crippen LogP contribution in [-0.2, 0) is 6.42 Å². The molecule has 1 aliphatic heterocycles. The van der Waals surface area contributed by atoms with Gasteiger partial charge in [0.25, 0.3) is 0 Å². The smallest absolute Gasteiger partial charge is 0.104 e. The Morgan fingerprint density at radius 2 is 1.84 bits per heavy atom. The number of aromatic nitrogens is 1. The summed E-state index contributed by atoms with van der Waals surface area (Å²) in [5.74, 6) is 0.955. The van der Waals surface area contributed by atoms with Crippen molar-refractivity contribution in [3.05, 3.63) is 37.0 Å². The summed E-state index contributed by atoms with van der Waals surface area (Å²) in [5.41, 5.74) is 0.991. The number of hydrogen-bond acceptors (Lipinski definition) is 4. The summed E-state index contributed by atoms with van der Waals surface area (Å²) in [7, 11) is 0. The van der Waals surface area contributed by atoms with Gasteiger partial charge in [0.05, 0.1) is 0 Å². The Hall–Kier alpha value is 0.0819. The molecule has 0 bridgehead atoms. The fraction of sp³-hybridized carbons (Fsp3) is 0.731. The van der Waals surface area contributed by atoms with Gasteiger partial charge in [-0.15, -0.1) is 0 Å². The fourth-order valence-electron chi connectivity index (χ4n) is 3.40. The minimum absolute atomic E-state index is 0. The third kappa shape index (κ3) is 16.7. The van der Waals surface area contributed by atoms with Gasteiger partial charge >= 0.3 is 0 Å². The van der Waals surface area contributed by atoms with Crippen molar-refractivity contribution in [2.75, 3.05) is 13.1 Å². The van der Waals surface area contributed by atoms with E-state index < -0.39 is 0 Å². The first-order chi connectivity index (χ1) is 14.8. The molecule has 3 N–H and O–H groups in total. The predicted molar refractivity (Wildman–Crippen MR) is 136 cm³/mol. The largest absolute Gasteiger partial charge is 0.425 e. The summed E-state index contributed by atoms with van der Waals surface area (Å²) in [6.45, 7) is 14.0. The van der Waals surface area contributed by atoms with Crippen LogP contribution in [0.4, 0.5) is 0 Å². The van der Waals surface area contributed by atoms with E-state index in [9.17, 15) is 0 Å². The summed E-state index contributed by atoms with van der Waals surface area (Å²) in [4.78, 5) is 4.11. The van der Waals surface area contributed by atoms with E-state index in [0.29, 0.717) is 0 Å². The van der Waals surface area contributed by atoms with Crippen LogP contribution in [0.1, 0.15) is 91.0 Å². The molecule has 32 heavy (non-hydrogen) atoms. The molecule has 0 spiro atoms. The Morgan fingerprint density at radius 3 is 2.28 bits per heavy atom. The zero-order valence-electron chi connectivity index (χ0n) is 20.9. The molecule has 2 atom stereocenters. The van der Waals surface area contributed by atoms with Gasteiger partial charge in [-0.05, 0) is 49.9 Å². The number of nitrogens with zero attached hydrogens (tertiary/aromatic N) is 1. The zero-order chi connectivity index (χ0) is 23.5. The zero-order valence-corrected chi connectivity index (χ0v) is 25.8. The second kappa shape index (κ2) is 21.6. The number of halogens is 1. The van der Waals surface area contributed by atoms with Gasteiger partial charge in [0.1, 0.15) is 5.17 Å². The average molecular weight is 691 g/mol. The van der Waals surface area contributed by atoms with E-state index >= 15 is 0 Å². The third-order valence-electron chi connectivity index (χ3n) is 6.01. The molecular weight excluding hydrogens is 644 g/mol. The van der Waals surface area contributed by atoms with Crippen molar-refractivity contribution < 1.29 is 36.2 Å². The minimum Gasteiger partial charge on any atom is -0.425 e. The summed E-state index contributed by atoms with van der Waals surface area (Å²) in [5, 5.41) is 19.7. The van der Waals surface area contributed by atoms with E-state index in [-0.39, 0.29) is 47.8 Å². The molecule has 2 heterocycles. The van der Waals surface area contributed by atoms with Gasteiger partial charge in [-0.3, -0.25) is 10.4 Å². The van der Waals surface area contributed by atoms with E-state index in [1.54, 1.807) is 6.20 Å². The molecule has 0 aliphatic carbocycles. The molecule has 2 rings (SSSR count). The maximum Gasteiger partial charge on any atom is 0.104 e. The Labute approximate surface area is 227 Å². The van der Waals surface area contributed by atoms with Crippen LogP contribution >= 0.6 is 11.6 Å². The topological polar surface area (TPSA) is 69.0 Å². The van der Waals surface area contributed by atoms with Crippen LogP contribution in [0.3, 0.4) is 0 Å². The quantitative estimate of drug-likeness (QED) is 0.144. The van der Waals surface area contributed by atoms with Gasteiger partial charge < -0.3 is 17.3 Å². The van der Waals surface area contributed by atoms with Crippen molar-refractivity contribution in [3.8, 4) is 0 Å². The molecule has 0 amide bonds. The molecule has 184 valence electrons. The van der Waals surface area contributed by atoms with Crippen LogP contribution in [0.5, 0.6) is 0 Å². The van der Waals surface area contributed by atoms with Gasteiger partial charge in [0, 0.05) is 48.9 Å². The summed E-state index contributed by atoms with van der Waals surface area (Å²) in [6, 6.07) is 3.98. The van der Waals surface area contributed by atoms with Gasteiger partial charge in [-0.25, -0.2) is 0 Å². The number of aliphatic hydroxyl groups is 1. The third-order valence-corrected chi connectivity index (χ3v) is 6.41. The second-order valence-corrected chi connectivity index (χ2v) is 9.19. The standard InChI is InChI=1S/C12H16ClN3.C10H22.C4H9O.U/c13-11(14)12(3-6-15-7-4-12)8-10-2-1-5-16-9-10;1-4-6-7-8-9-10(3)5-2;1-3-4(2)5;/h1-2,5,9,14-15H,3-4,6-8H2;10H,4-9H2,1-3H3;4-5H,2-3H2,1H3;/q;;-1;. The van der Waals surface area contributed by atoms with Crippen LogP contribution in [0.2, 0.25) is 0 Å². The molecule has 4 nitrogen and oxygen atoms in total. The molecule has 2 unspecified atom stereocenters. The molecule has 1 aromatic rings. The number of unbranched alkanes of at least 4 members (excludes halogenated alkanes) is 3.